The molecule has 29 heavy (non-hydrogen) atoms. The number of ether oxygens (including phenoxy) is 2. The van der Waals surface area contributed by atoms with Crippen molar-refractivity contribution in [2.45, 2.75) is 38.5 Å². The third kappa shape index (κ3) is 5.85. The van der Waals surface area contributed by atoms with Gasteiger partial charge in [0.25, 0.3) is 0 Å². The van der Waals surface area contributed by atoms with Gasteiger partial charge in [-0.3, -0.25) is 4.99 Å². The number of nitrogens with one attached hydrogen (secondary N) is 1. The van der Waals surface area contributed by atoms with Gasteiger partial charge in [-0.2, -0.15) is 13.2 Å². The summed E-state index contributed by atoms with van der Waals surface area (Å²) >= 11 is 0. The van der Waals surface area contributed by atoms with Crippen LogP contribution in [0.15, 0.2) is 29.3 Å². The first-order chi connectivity index (χ1) is 13.9. The predicted molar refractivity (Wildman–Crippen MR) is 106 cm³/mol. The van der Waals surface area contributed by atoms with Gasteiger partial charge in [-0.1, -0.05) is 12.1 Å². The van der Waals surface area contributed by atoms with E-state index in [2.05, 4.69) is 10.2 Å². The van der Waals surface area contributed by atoms with Crippen LogP contribution in [0, 0.1) is 5.41 Å². The van der Waals surface area contributed by atoms with Crippen LogP contribution < -0.4 is 5.32 Å². The number of rotatable bonds is 7. The number of guanidine groups is 1. The van der Waals surface area contributed by atoms with Crippen LogP contribution in [0.3, 0.4) is 0 Å². The van der Waals surface area contributed by atoms with Gasteiger partial charge in [0.1, 0.15) is 6.10 Å². The summed E-state index contributed by atoms with van der Waals surface area (Å²) in [4.78, 5) is 6.94. The summed E-state index contributed by atoms with van der Waals surface area (Å²) in [6, 6.07) is 5.40. The standard InChI is InChI=1S/C21H30F3N3O2/c1-3-25-19(26-15-20(7-8-20)9-11-28-2)27-10-12-29-18(14-27)16-5-4-6-17(13-16)21(22,23)24/h4-6,13,18H,3,7-12,14-15H2,1-2H3,(H,25,26). The fraction of sp³-hybridized carbons (Fsp3) is 0.667. The first kappa shape index (κ1) is 21.9. The summed E-state index contributed by atoms with van der Waals surface area (Å²) in [5.41, 5.74) is 0.132. The van der Waals surface area contributed by atoms with E-state index in [9.17, 15) is 13.2 Å². The van der Waals surface area contributed by atoms with Crippen LogP contribution in [0.1, 0.15) is 43.4 Å². The van der Waals surface area contributed by atoms with Crippen molar-refractivity contribution in [2.75, 3.05) is 46.5 Å². The van der Waals surface area contributed by atoms with Crippen molar-refractivity contribution in [3.63, 3.8) is 0 Å². The average molecular weight is 413 g/mol. The summed E-state index contributed by atoms with van der Waals surface area (Å²) in [6.07, 6.45) is -1.45. The second-order valence-electron chi connectivity index (χ2n) is 7.84. The molecule has 3 rings (SSSR count). The summed E-state index contributed by atoms with van der Waals surface area (Å²) < 4.78 is 50.2. The molecule has 1 aliphatic heterocycles. The Hall–Kier alpha value is -1.80. The number of halogens is 3. The minimum atomic E-state index is -4.36. The Morgan fingerprint density at radius 1 is 1.38 bits per heavy atom. The largest absolute Gasteiger partial charge is 0.416 e. The zero-order chi connectivity index (χ0) is 20.9. The smallest absolute Gasteiger partial charge is 0.385 e. The Balaban J connectivity index is 1.70. The lowest BCUT2D eigenvalue weighted by molar-refractivity contribution is -0.137. The van der Waals surface area contributed by atoms with Crippen LogP contribution in [0.25, 0.3) is 0 Å². The average Bonchev–Trinajstić information content (AvgIpc) is 3.49. The molecule has 5 nitrogen and oxygen atoms in total. The highest BCUT2D eigenvalue weighted by molar-refractivity contribution is 5.80. The normalized spacial score (nSPS) is 21.9. The molecule has 1 N–H and O–H groups in total. The molecule has 0 radical (unpaired) electrons. The van der Waals surface area contributed by atoms with E-state index in [1.54, 1.807) is 13.2 Å². The molecule has 0 spiro atoms. The highest BCUT2D eigenvalue weighted by atomic mass is 19.4. The zero-order valence-corrected chi connectivity index (χ0v) is 17.1. The van der Waals surface area contributed by atoms with Gasteiger partial charge in [0.2, 0.25) is 0 Å². The quantitative estimate of drug-likeness (QED) is 0.545. The number of aliphatic imine (C=N–C) groups is 1. The lowest BCUT2D eigenvalue weighted by Crippen LogP contribution is -2.48. The van der Waals surface area contributed by atoms with Crippen molar-refractivity contribution in [1.82, 2.24) is 10.2 Å². The molecule has 2 aliphatic rings. The maximum absolute atomic E-state index is 13.1. The number of nitrogens with zero attached hydrogens (tertiary/aromatic N) is 2. The highest BCUT2D eigenvalue weighted by Crippen LogP contribution is 2.49. The fourth-order valence-corrected chi connectivity index (χ4v) is 3.61. The van der Waals surface area contributed by atoms with E-state index in [4.69, 9.17) is 14.5 Å². The van der Waals surface area contributed by atoms with E-state index in [1.165, 1.54) is 12.1 Å². The molecule has 1 heterocycles. The fourth-order valence-electron chi connectivity index (χ4n) is 3.61. The monoisotopic (exact) mass is 413 g/mol. The van der Waals surface area contributed by atoms with Crippen molar-refractivity contribution in [3.8, 4) is 0 Å². The number of benzene rings is 1. The SMILES string of the molecule is CCNC(=NCC1(CCOC)CC1)N1CCOC(c2cccc(C(F)(F)F)c2)C1. The molecule has 1 aliphatic carbocycles. The molecule has 1 aromatic rings. The summed E-state index contributed by atoms with van der Waals surface area (Å²) in [7, 11) is 1.71. The van der Waals surface area contributed by atoms with E-state index in [0.29, 0.717) is 25.3 Å². The Bertz CT molecular complexity index is 705. The third-order valence-electron chi connectivity index (χ3n) is 5.64. The van der Waals surface area contributed by atoms with Gasteiger partial charge in [0.05, 0.1) is 18.7 Å². The molecule has 1 saturated heterocycles. The topological polar surface area (TPSA) is 46.1 Å². The van der Waals surface area contributed by atoms with Crippen LogP contribution in [0.4, 0.5) is 13.2 Å². The molecular formula is C21H30F3N3O2. The number of hydrogen-bond donors (Lipinski definition) is 1. The van der Waals surface area contributed by atoms with E-state index < -0.39 is 17.8 Å². The third-order valence-corrected chi connectivity index (χ3v) is 5.64. The molecule has 8 heteroatoms. The molecular weight excluding hydrogens is 383 g/mol. The number of hydrogen-bond acceptors (Lipinski definition) is 3. The van der Waals surface area contributed by atoms with Gasteiger partial charge < -0.3 is 19.7 Å². The van der Waals surface area contributed by atoms with Gasteiger partial charge in [0, 0.05) is 33.4 Å². The van der Waals surface area contributed by atoms with E-state index in [0.717, 1.165) is 51.0 Å². The molecule has 2 fully saturated rings. The molecule has 162 valence electrons. The van der Waals surface area contributed by atoms with Crippen molar-refractivity contribution >= 4 is 5.96 Å². The molecule has 0 aromatic heterocycles. The molecule has 1 unspecified atom stereocenters. The Labute approximate surface area is 170 Å². The maximum atomic E-state index is 13.1. The maximum Gasteiger partial charge on any atom is 0.416 e. The van der Waals surface area contributed by atoms with Gasteiger partial charge in [-0.15, -0.1) is 0 Å². The number of morpholine rings is 1. The first-order valence-electron chi connectivity index (χ1n) is 10.2. The highest BCUT2D eigenvalue weighted by Gasteiger charge is 2.42. The van der Waals surface area contributed by atoms with Crippen LogP contribution in [0.2, 0.25) is 0 Å². The summed E-state index contributed by atoms with van der Waals surface area (Å²) in [5, 5.41) is 3.33. The van der Waals surface area contributed by atoms with E-state index in [-0.39, 0.29) is 5.41 Å². The first-order valence-corrected chi connectivity index (χ1v) is 10.2. The van der Waals surface area contributed by atoms with Crippen molar-refractivity contribution in [1.29, 1.82) is 0 Å². The van der Waals surface area contributed by atoms with Crippen LogP contribution in [-0.2, 0) is 15.7 Å². The summed E-state index contributed by atoms with van der Waals surface area (Å²) in [6.45, 7) is 5.80. The second kappa shape index (κ2) is 9.34. The Morgan fingerprint density at radius 2 is 2.17 bits per heavy atom. The minimum Gasteiger partial charge on any atom is -0.385 e. The lowest BCUT2D eigenvalue weighted by Gasteiger charge is -2.35. The number of alkyl halides is 3. The number of methoxy groups -OCH3 is 1. The van der Waals surface area contributed by atoms with Crippen LogP contribution in [0.5, 0.6) is 0 Å². The second-order valence-corrected chi connectivity index (χ2v) is 7.84. The van der Waals surface area contributed by atoms with Gasteiger partial charge in [0.15, 0.2) is 5.96 Å². The Kier molecular flexibility index (Phi) is 7.05. The van der Waals surface area contributed by atoms with Gasteiger partial charge >= 0.3 is 6.18 Å². The van der Waals surface area contributed by atoms with Crippen molar-refractivity contribution in [2.24, 2.45) is 10.4 Å². The predicted octanol–water partition coefficient (Wildman–Crippen LogP) is 3.86. The van der Waals surface area contributed by atoms with E-state index >= 15 is 0 Å². The van der Waals surface area contributed by atoms with Gasteiger partial charge in [-0.25, -0.2) is 0 Å². The molecule has 1 saturated carbocycles. The summed E-state index contributed by atoms with van der Waals surface area (Å²) in [5.74, 6) is 0.802. The van der Waals surface area contributed by atoms with Gasteiger partial charge in [-0.05, 0) is 49.3 Å². The minimum absolute atomic E-state index is 0.239. The Morgan fingerprint density at radius 3 is 2.83 bits per heavy atom. The molecule has 1 atom stereocenters. The zero-order valence-electron chi connectivity index (χ0n) is 17.1. The molecule has 1 aromatic carbocycles. The van der Waals surface area contributed by atoms with Crippen molar-refractivity contribution < 1.29 is 22.6 Å². The van der Waals surface area contributed by atoms with Crippen LogP contribution in [-0.4, -0.2) is 57.4 Å². The lowest BCUT2D eigenvalue weighted by atomic mass is 10.0. The van der Waals surface area contributed by atoms with E-state index in [1.807, 2.05) is 6.92 Å². The molecule has 0 amide bonds. The molecule has 0 bridgehead atoms. The van der Waals surface area contributed by atoms with Crippen molar-refractivity contribution in [3.05, 3.63) is 35.4 Å². The van der Waals surface area contributed by atoms with Crippen LogP contribution >= 0.6 is 0 Å².